The number of esters is 1. The molecule has 0 radical (unpaired) electrons. The third kappa shape index (κ3) is 3.93. The lowest BCUT2D eigenvalue weighted by Gasteiger charge is -2.29. The smallest absolute Gasteiger partial charge is 0.361 e. The third-order valence-corrected chi connectivity index (χ3v) is 4.47. The summed E-state index contributed by atoms with van der Waals surface area (Å²) in [6, 6.07) is 11.9. The molecule has 6 nitrogen and oxygen atoms in total. The van der Waals surface area contributed by atoms with Crippen LogP contribution >= 0.6 is 0 Å². The van der Waals surface area contributed by atoms with E-state index >= 15 is 0 Å². The number of hydrogen-bond acceptors (Lipinski definition) is 4. The zero-order valence-corrected chi connectivity index (χ0v) is 14.4. The van der Waals surface area contributed by atoms with Crippen molar-refractivity contribution >= 4 is 22.0 Å². The van der Waals surface area contributed by atoms with E-state index in [1.165, 1.54) is 19.2 Å². The van der Waals surface area contributed by atoms with E-state index in [0.717, 1.165) is 11.1 Å². The van der Waals surface area contributed by atoms with Crippen LogP contribution in [-0.2, 0) is 19.8 Å². The zero-order valence-electron chi connectivity index (χ0n) is 13.6. The Balaban J connectivity index is 2.66. The normalized spacial score (nSPS) is 12.5. The van der Waals surface area contributed by atoms with E-state index in [2.05, 4.69) is 0 Å². The molecule has 0 heterocycles. The molecule has 0 saturated carbocycles. The van der Waals surface area contributed by atoms with Crippen molar-refractivity contribution in [1.29, 1.82) is 0 Å². The number of carbonyl (C=O) groups excluding carboxylic acids is 1. The van der Waals surface area contributed by atoms with Crippen LogP contribution in [0, 0.1) is 13.8 Å². The molecule has 24 heavy (non-hydrogen) atoms. The number of nitrogens with zero attached hydrogens (tertiary/aromatic N) is 1. The number of methoxy groups -OCH3 is 1. The standard InChI is InChI=1S/C17H19NO5S/c1-12-7-9-15(10-8-12)18(24(20,21)22)16(17(19)23-3)14-6-4-5-13(2)11-14/h4-11,16H,1-3H3,(H,20,21,22). The van der Waals surface area contributed by atoms with Crippen LogP contribution in [0.2, 0.25) is 0 Å². The summed E-state index contributed by atoms with van der Waals surface area (Å²) in [4.78, 5) is 12.3. The fourth-order valence-electron chi connectivity index (χ4n) is 2.43. The van der Waals surface area contributed by atoms with Crippen molar-refractivity contribution in [2.24, 2.45) is 0 Å². The Kier molecular flexibility index (Phi) is 5.26. The predicted molar refractivity (Wildman–Crippen MR) is 91.1 cm³/mol. The van der Waals surface area contributed by atoms with Crippen molar-refractivity contribution in [3.05, 3.63) is 65.2 Å². The molecule has 2 aromatic rings. The second kappa shape index (κ2) is 7.02. The minimum Gasteiger partial charge on any atom is -0.467 e. The summed E-state index contributed by atoms with van der Waals surface area (Å²) in [6.45, 7) is 3.67. The van der Waals surface area contributed by atoms with Gasteiger partial charge in [0.25, 0.3) is 0 Å². The van der Waals surface area contributed by atoms with Gasteiger partial charge in [-0.1, -0.05) is 47.5 Å². The molecule has 0 amide bonds. The van der Waals surface area contributed by atoms with Gasteiger partial charge in [0.05, 0.1) is 12.8 Å². The number of ether oxygens (including phenoxy) is 1. The summed E-state index contributed by atoms with van der Waals surface area (Å²) in [7, 11) is -3.54. The number of carbonyl (C=O) groups is 1. The van der Waals surface area contributed by atoms with E-state index < -0.39 is 22.3 Å². The Morgan fingerprint density at radius 3 is 2.21 bits per heavy atom. The molecule has 1 unspecified atom stereocenters. The van der Waals surface area contributed by atoms with Gasteiger partial charge in [-0.3, -0.25) is 4.55 Å². The van der Waals surface area contributed by atoms with Crippen molar-refractivity contribution < 1.29 is 22.5 Å². The van der Waals surface area contributed by atoms with Gasteiger partial charge in [0.1, 0.15) is 0 Å². The molecular weight excluding hydrogens is 330 g/mol. The lowest BCUT2D eigenvalue weighted by molar-refractivity contribution is -0.142. The molecule has 0 bridgehead atoms. The van der Waals surface area contributed by atoms with Gasteiger partial charge in [0, 0.05) is 0 Å². The van der Waals surface area contributed by atoms with Gasteiger partial charge in [-0.05, 0) is 31.5 Å². The SMILES string of the molecule is COC(=O)C(c1cccc(C)c1)N(c1ccc(C)cc1)S(=O)(=O)O. The largest absolute Gasteiger partial charge is 0.467 e. The quantitative estimate of drug-likeness (QED) is 0.663. The van der Waals surface area contributed by atoms with Crippen LogP contribution in [0.5, 0.6) is 0 Å². The summed E-state index contributed by atoms with van der Waals surface area (Å²) in [5.41, 5.74) is 2.33. The lowest BCUT2D eigenvalue weighted by Crippen LogP contribution is -2.39. The number of benzene rings is 2. The first-order valence-corrected chi connectivity index (χ1v) is 8.61. The monoisotopic (exact) mass is 349 g/mol. The number of aryl methyl sites for hydroxylation is 2. The average Bonchev–Trinajstić information content (AvgIpc) is 2.52. The summed E-state index contributed by atoms with van der Waals surface area (Å²) >= 11 is 0. The second-order valence-electron chi connectivity index (χ2n) is 5.45. The average molecular weight is 349 g/mol. The van der Waals surface area contributed by atoms with E-state index in [4.69, 9.17) is 4.74 Å². The highest BCUT2D eigenvalue weighted by molar-refractivity contribution is 7.87. The van der Waals surface area contributed by atoms with Gasteiger partial charge in [0.15, 0.2) is 6.04 Å². The molecule has 2 aromatic carbocycles. The van der Waals surface area contributed by atoms with Crippen molar-refractivity contribution in [1.82, 2.24) is 0 Å². The number of hydrogen-bond donors (Lipinski definition) is 1. The molecule has 0 aliphatic heterocycles. The minimum absolute atomic E-state index is 0.167. The number of rotatable bonds is 5. The molecule has 0 saturated heterocycles. The van der Waals surface area contributed by atoms with Gasteiger partial charge < -0.3 is 4.74 Å². The predicted octanol–water partition coefficient (Wildman–Crippen LogP) is 2.83. The fourth-order valence-corrected chi connectivity index (χ4v) is 3.29. The highest BCUT2D eigenvalue weighted by Crippen LogP contribution is 2.31. The second-order valence-corrected chi connectivity index (χ2v) is 6.74. The maximum absolute atomic E-state index is 12.3. The summed E-state index contributed by atoms with van der Waals surface area (Å²) in [5, 5.41) is 0. The third-order valence-electron chi connectivity index (χ3n) is 3.55. The van der Waals surface area contributed by atoms with Crippen LogP contribution in [0.15, 0.2) is 48.5 Å². The van der Waals surface area contributed by atoms with E-state index in [1.807, 2.05) is 19.9 Å². The first-order valence-electron chi connectivity index (χ1n) is 7.22. The maximum Gasteiger partial charge on any atom is 0.361 e. The molecule has 7 heteroatoms. The van der Waals surface area contributed by atoms with E-state index in [0.29, 0.717) is 9.87 Å². The van der Waals surface area contributed by atoms with Crippen LogP contribution in [-0.4, -0.2) is 26.0 Å². The van der Waals surface area contributed by atoms with Crippen molar-refractivity contribution in [2.45, 2.75) is 19.9 Å². The Morgan fingerprint density at radius 1 is 1.08 bits per heavy atom. The highest BCUT2D eigenvalue weighted by Gasteiger charge is 2.36. The van der Waals surface area contributed by atoms with Gasteiger partial charge in [-0.2, -0.15) is 8.42 Å². The Labute approximate surface area is 141 Å². The van der Waals surface area contributed by atoms with Gasteiger partial charge >= 0.3 is 16.3 Å². The topological polar surface area (TPSA) is 83.9 Å². The summed E-state index contributed by atoms with van der Waals surface area (Å²) in [6.07, 6.45) is 0. The molecule has 0 aliphatic rings. The van der Waals surface area contributed by atoms with Gasteiger partial charge in [0.2, 0.25) is 0 Å². The van der Waals surface area contributed by atoms with E-state index in [9.17, 15) is 17.8 Å². The first-order chi connectivity index (χ1) is 11.2. The molecule has 1 N–H and O–H groups in total. The lowest BCUT2D eigenvalue weighted by atomic mass is 10.0. The fraction of sp³-hybridized carbons (Fsp3) is 0.235. The number of anilines is 1. The van der Waals surface area contributed by atoms with Crippen molar-refractivity contribution in [2.75, 3.05) is 11.4 Å². The maximum atomic E-state index is 12.3. The van der Waals surface area contributed by atoms with Crippen LogP contribution in [0.4, 0.5) is 5.69 Å². The molecule has 1 atom stereocenters. The molecule has 0 fully saturated rings. The first kappa shape index (κ1) is 18.0. The summed E-state index contributed by atoms with van der Waals surface area (Å²) in [5.74, 6) is -0.793. The van der Waals surface area contributed by atoms with Gasteiger partial charge in [-0.25, -0.2) is 9.10 Å². The van der Waals surface area contributed by atoms with Crippen molar-refractivity contribution in [3.63, 3.8) is 0 Å². The Hall–Kier alpha value is -2.38. The molecular formula is C17H19NO5S. The molecule has 128 valence electrons. The highest BCUT2D eigenvalue weighted by atomic mass is 32.2. The van der Waals surface area contributed by atoms with E-state index in [1.54, 1.807) is 30.3 Å². The minimum atomic E-state index is -4.71. The van der Waals surface area contributed by atoms with Crippen LogP contribution in [0.25, 0.3) is 0 Å². The van der Waals surface area contributed by atoms with E-state index in [-0.39, 0.29) is 5.69 Å². The Bertz CT molecular complexity index is 830. The van der Waals surface area contributed by atoms with Crippen LogP contribution in [0.3, 0.4) is 0 Å². The van der Waals surface area contributed by atoms with Crippen LogP contribution in [0.1, 0.15) is 22.7 Å². The molecule has 0 aliphatic carbocycles. The van der Waals surface area contributed by atoms with Gasteiger partial charge in [-0.15, -0.1) is 0 Å². The molecule has 0 aromatic heterocycles. The zero-order chi connectivity index (χ0) is 17.9. The molecule has 0 spiro atoms. The Morgan fingerprint density at radius 2 is 1.71 bits per heavy atom. The summed E-state index contributed by atoms with van der Waals surface area (Å²) < 4.78 is 39.2. The van der Waals surface area contributed by atoms with Crippen LogP contribution < -0.4 is 4.31 Å². The van der Waals surface area contributed by atoms with Crippen molar-refractivity contribution in [3.8, 4) is 0 Å². The molecule has 2 rings (SSSR count).